The first-order chi connectivity index (χ1) is 9.33. The van der Waals surface area contributed by atoms with E-state index in [1.165, 1.54) is 0 Å². The minimum absolute atomic E-state index is 0.0272. The standard InChI is InChI=1S/C15H25N3O2/c1-10(2)20-14-7-12(16)6-13(8-14)18(5)9-11(3)15(19)17-4/h6-8,10-11H,9,16H2,1-5H3,(H,17,19). The van der Waals surface area contributed by atoms with Gasteiger partial charge in [-0.2, -0.15) is 0 Å². The molecule has 0 aliphatic carbocycles. The predicted octanol–water partition coefficient (Wildman–Crippen LogP) is 1.87. The molecular weight excluding hydrogens is 254 g/mol. The Labute approximate surface area is 121 Å². The van der Waals surface area contributed by atoms with Crippen LogP contribution in [0.25, 0.3) is 0 Å². The average molecular weight is 279 g/mol. The van der Waals surface area contributed by atoms with Gasteiger partial charge >= 0.3 is 0 Å². The van der Waals surface area contributed by atoms with Crippen molar-refractivity contribution in [3.63, 3.8) is 0 Å². The number of nitrogens with two attached hydrogens (primary N) is 1. The minimum Gasteiger partial charge on any atom is -0.491 e. The maximum Gasteiger partial charge on any atom is 0.224 e. The Morgan fingerprint density at radius 1 is 1.35 bits per heavy atom. The van der Waals surface area contributed by atoms with Gasteiger partial charge in [0.15, 0.2) is 0 Å². The summed E-state index contributed by atoms with van der Waals surface area (Å²) in [7, 11) is 3.58. The maximum absolute atomic E-state index is 11.6. The van der Waals surface area contributed by atoms with Crippen LogP contribution in [0.5, 0.6) is 5.75 Å². The first kappa shape index (κ1) is 16.1. The number of nitrogen functional groups attached to an aromatic ring is 1. The molecule has 0 radical (unpaired) electrons. The van der Waals surface area contributed by atoms with Gasteiger partial charge in [-0.3, -0.25) is 4.79 Å². The molecule has 0 bridgehead atoms. The lowest BCUT2D eigenvalue weighted by atomic mass is 10.1. The van der Waals surface area contributed by atoms with Crippen LogP contribution in [0.15, 0.2) is 18.2 Å². The van der Waals surface area contributed by atoms with Crippen molar-refractivity contribution in [3.05, 3.63) is 18.2 Å². The Morgan fingerprint density at radius 2 is 2.00 bits per heavy atom. The van der Waals surface area contributed by atoms with E-state index in [1.807, 2.05) is 44.9 Å². The second kappa shape index (κ2) is 7.03. The number of carbonyl (C=O) groups is 1. The highest BCUT2D eigenvalue weighted by atomic mass is 16.5. The lowest BCUT2D eigenvalue weighted by molar-refractivity contribution is -0.123. The van der Waals surface area contributed by atoms with Crippen LogP contribution in [0.1, 0.15) is 20.8 Å². The van der Waals surface area contributed by atoms with Crippen molar-refractivity contribution >= 4 is 17.3 Å². The molecule has 0 heterocycles. The highest BCUT2D eigenvalue weighted by molar-refractivity contribution is 5.78. The van der Waals surface area contributed by atoms with Gasteiger partial charge in [0.1, 0.15) is 5.75 Å². The summed E-state index contributed by atoms with van der Waals surface area (Å²) in [5.41, 5.74) is 7.50. The summed E-state index contributed by atoms with van der Waals surface area (Å²) in [6.45, 7) is 6.46. The van der Waals surface area contributed by atoms with Crippen LogP contribution in [-0.2, 0) is 4.79 Å². The Hall–Kier alpha value is -1.91. The fourth-order valence-electron chi connectivity index (χ4n) is 2.01. The van der Waals surface area contributed by atoms with E-state index in [0.717, 1.165) is 11.4 Å². The molecule has 1 amide bonds. The van der Waals surface area contributed by atoms with E-state index in [1.54, 1.807) is 13.1 Å². The summed E-state index contributed by atoms with van der Waals surface area (Å²) in [5.74, 6) is 0.676. The van der Waals surface area contributed by atoms with Crippen molar-refractivity contribution in [3.8, 4) is 5.75 Å². The van der Waals surface area contributed by atoms with Gasteiger partial charge in [0.25, 0.3) is 0 Å². The number of amides is 1. The molecule has 5 nitrogen and oxygen atoms in total. The van der Waals surface area contributed by atoms with Crippen LogP contribution in [0, 0.1) is 5.92 Å². The molecule has 1 atom stereocenters. The first-order valence-corrected chi connectivity index (χ1v) is 6.83. The maximum atomic E-state index is 11.6. The van der Waals surface area contributed by atoms with E-state index in [9.17, 15) is 4.79 Å². The fraction of sp³-hybridized carbons (Fsp3) is 0.533. The zero-order valence-corrected chi connectivity index (χ0v) is 12.9. The largest absolute Gasteiger partial charge is 0.491 e. The molecule has 1 aromatic carbocycles. The summed E-state index contributed by atoms with van der Waals surface area (Å²) in [6, 6.07) is 5.62. The third-order valence-corrected chi connectivity index (χ3v) is 2.97. The summed E-state index contributed by atoms with van der Waals surface area (Å²) < 4.78 is 5.67. The molecule has 1 rings (SSSR count). The highest BCUT2D eigenvalue weighted by Crippen LogP contribution is 2.26. The molecular formula is C15H25N3O2. The van der Waals surface area contributed by atoms with Crippen molar-refractivity contribution in [2.75, 3.05) is 31.3 Å². The molecule has 0 saturated carbocycles. The monoisotopic (exact) mass is 279 g/mol. The van der Waals surface area contributed by atoms with Crippen LogP contribution in [-0.4, -0.2) is 32.7 Å². The number of hydrogen-bond acceptors (Lipinski definition) is 4. The smallest absolute Gasteiger partial charge is 0.224 e. The van der Waals surface area contributed by atoms with Gasteiger partial charge in [0.2, 0.25) is 5.91 Å². The Bertz CT molecular complexity index is 460. The molecule has 0 fully saturated rings. The van der Waals surface area contributed by atoms with Crippen molar-refractivity contribution in [1.29, 1.82) is 0 Å². The minimum atomic E-state index is -0.0964. The third-order valence-electron chi connectivity index (χ3n) is 2.97. The van der Waals surface area contributed by atoms with E-state index in [2.05, 4.69) is 5.32 Å². The number of hydrogen-bond donors (Lipinski definition) is 2. The van der Waals surface area contributed by atoms with Gasteiger partial charge in [-0.25, -0.2) is 0 Å². The fourth-order valence-corrected chi connectivity index (χ4v) is 2.01. The van der Waals surface area contributed by atoms with Crippen molar-refractivity contribution in [1.82, 2.24) is 5.32 Å². The summed E-state index contributed by atoms with van der Waals surface area (Å²) in [5, 5.41) is 2.66. The Balaban J connectivity index is 2.84. The summed E-state index contributed by atoms with van der Waals surface area (Å²) in [4.78, 5) is 13.6. The zero-order chi connectivity index (χ0) is 15.3. The lowest BCUT2D eigenvalue weighted by Gasteiger charge is -2.24. The van der Waals surface area contributed by atoms with E-state index in [-0.39, 0.29) is 17.9 Å². The molecule has 5 heteroatoms. The molecule has 0 saturated heterocycles. The number of benzene rings is 1. The molecule has 112 valence electrons. The second-order valence-corrected chi connectivity index (χ2v) is 5.32. The number of nitrogens with zero attached hydrogens (tertiary/aromatic N) is 1. The summed E-state index contributed by atoms with van der Waals surface area (Å²) >= 11 is 0. The highest BCUT2D eigenvalue weighted by Gasteiger charge is 2.15. The van der Waals surface area contributed by atoms with E-state index >= 15 is 0 Å². The molecule has 0 aliphatic rings. The first-order valence-electron chi connectivity index (χ1n) is 6.83. The van der Waals surface area contributed by atoms with Gasteiger partial charge in [0.05, 0.1) is 12.0 Å². The Kier molecular flexibility index (Phi) is 5.67. The molecule has 0 aromatic heterocycles. The van der Waals surface area contributed by atoms with Gasteiger partial charge in [-0.15, -0.1) is 0 Å². The van der Waals surface area contributed by atoms with Crippen LogP contribution in [0.4, 0.5) is 11.4 Å². The Morgan fingerprint density at radius 3 is 2.55 bits per heavy atom. The van der Waals surface area contributed by atoms with Crippen LogP contribution >= 0.6 is 0 Å². The van der Waals surface area contributed by atoms with E-state index in [0.29, 0.717) is 12.2 Å². The molecule has 0 spiro atoms. The SMILES string of the molecule is CNC(=O)C(C)CN(C)c1cc(N)cc(OC(C)C)c1. The molecule has 1 aromatic rings. The van der Waals surface area contributed by atoms with Crippen LogP contribution in [0.3, 0.4) is 0 Å². The lowest BCUT2D eigenvalue weighted by Crippen LogP contribution is -2.34. The number of carbonyl (C=O) groups excluding carboxylic acids is 1. The normalized spacial score (nSPS) is 12.1. The average Bonchev–Trinajstić information content (AvgIpc) is 2.35. The molecule has 3 N–H and O–H groups in total. The number of nitrogens with one attached hydrogen (secondary N) is 1. The number of anilines is 2. The number of ether oxygens (including phenoxy) is 1. The van der Waals surface area contributed by atoms with Gasteiger partial charge < -0.3 is 20.7 Å². The van der Waals surface area contributed by atoms with Crippen molar-refractivity contribution in [2.24, 2.45) is 5.92 Å². The van der Waals surface area contributed by atoms with Crippen LogP contribution in [0.2, 0.25) is 0 Å². The summed E-state index contributed by atoms with van der Waals surface area (Å²) in [6.07, 6.45) is 0.0970. The third kappa shape index (κ3) is 4.64. The van der Waals surface area contributed by atoms with Gasteiger partial charge in [0, 0.05) is 44.1 Å². The van der Waals surface area contributed by atoms with Gasteiger partial charge in [-0.05, 0) is 19.9 Å². The molecule has 0 aliphatic heterocycles. The van der Waals surface area contributed by atoms with Gasteiger partial charge in [-0.1, -0.05) is 6.92 Å². The molecule has 20 heavy (non-hydrogen) atoms. The predicted molar refractivity (Wildman–Crippen MR) is 83.1 cm³/mol. The van der Waals surface area contributed by atoms with Crippen molar-refractivity contribution < 1.29 is 9.53 Å². The zero-order valence-electron chi connectivity index (χ0n) is 12.9. The topological polar surface area (TPSA) is 67.6 Å². The van der Waals surface area contributed by atoms with Crippen LogP contribution < -0.4 is 20.7 Å². The van der Waals surface area contributed by atoms with E-state index in [4.69, 9.17) is 10.5 Å². The van der Waals surface area contributed by atoms with E-state index < -0.39 is 0 Å². The van der Waals surface area contributed by atoms with Crippen molar-refractivity contribution in [2.45, 2.75) is 26.9 Å². The quantitative estimate of drug-likeness (QED) is 0.780. The molecule has 1 unspecified atom stereocenters. The number of rotatable bonds is 6. The second-order valence-electron chi connectivity index (χ2n) is 5.32.